The lowest BCUT2D eigenvalue weighted by molar-refractivity contribution is -0.143. The number of aromatic nitrogens is 2. The number of esters is 1. The summed E-state index contributed by atoms with van der Waals surface area (Å²) in [4.78, 5) is 16.5. The molecule has 0 amide bonds. The highest BCUT2D eigenvalue weighted by Crippen LogP contribution is 2.49. The average Bonchev–Trinajstić information content (AvgIpc) is 3.09. The molecule has 1 saturated carbocycles. The van der Waals surface area contributed by atoms with Crippen LogP contribution in [0.3, 0.4) is 0 Å². The number of para-hydroxylation sites is 1. The van der Waals surface area contributed by atoms with Gasteiger partial charge in [-0.2, -0.15) is 0 Å². The van der Waals surface area contributed by atoms with Crippen molar-refractivity contribution in [1.29, 1.82) is 0 Å². The van der Waals surface area contributed by atoms with Crippen LogP contribution < -0.4 is 0 Å². The molecule has 0 atom stereocenters. The molecule has 5 heteroatoms. The third-order valence-electron chi connectivity index (χ3n) is 3.60. The standard InChI is InChI=1S/C13H13ClN2O2/c1-16-10-8(14)4-3-5-9(10)15-11(16)13(6-7-13)12(17)18-2/h3-5H,6-7H2,1-2H3. The Bertz CT molecular complexity index is 644. The number of hydrogen-bond donors (Lipinski definition) is 0. The van der Waals surface area contributed by atoms with Crippen molar-refractivity contribution in [3.05, 3.63) is 29.0 Å². The lowest BCUT2D eigenvalue weighted by Crippen LogP contribution is -2.25. The van der Waals surface area contributed by atoms with Crippen molar-refractivity contribution in [2.45, 2.75) is 18.3 Å². The van der Waals surface area contributed by atoms with Crippen LogP contribution in [-0.2, 0) is 22.0 Å². The molecule has 0 unspecified atom stereocenters. The smallest absolute Gasteiger partial charge is 0.319 e. The van der Waals surface area contributed by atoms with Gasteiger partial charge in [0.2, 0.25) is 0 Å². The monoisotopic (exact) mass is 264 g/mol. The molecule has 1 fully saturated rings. The molecule has 0 saturated heterocycles. The summed E-state index contributed by atoms with van der Waals surface area (Å²) < 4.78 is 6.79. The van der Waals surface area contributed by atoms with Crippen LogP contribution in [0.15, 0.2) is 18.2 Å². The Kier molecular flexibility index (Phi) is 2.38. The van der Waals surface area contributed by atoms with Crippen LogP contribution in [0.5, 0.6) is 0 Å². The Morgan fingerprint density at radius 2 is 2.22 bits per heavy atom. The highest BCUT2D eigenvalue weighted by atomic mass is 35.5. The first-order chi connectivity index (χ1) is 8.60. The second-order valence-corrected chi connectivity index (χ2v) is 5.08. The topological polar surface area (TPSA) is 44.1 Å². The SMILES string of the molecule is COC(=O)C1(c2nc3cccc(Cl)c3n2C)CC1. The highest BCUT2D eigenvalue weighted by Gasteiger charge is 2.56. The minimum Gasteiger partial charge on any atom is -0.468 e. The summed E-state index contributed by atoms with van der Waals surface area (Å²) in [7, 11) is 3.30. The quantitative estimate of drug-likeness (QED) is 0.783. The summed E-state index contributed by atoms with van der Waals surface area (Å²) in [6.07, 6.45) is 1.57. The number of ether oxygens (including phenoxy) is 1. The molecule has 1 aromatic carbocycles. The van der Waals surface area contributed by atoms with Crippen molar-refractivity contribution in [1.82, 2.24) is 9.55 Å². The van der Waals surface area contributed by atoms with Gasteiger partial charge in [-0.05, 0) is 25.0 Å². The van der Waals surface area contributed by atoms with Crippen molar-refractivity contribution >= 4 is 28.6 Å². The molecule has 3 rings (SSSR count). The van der Waals surface area contributed by atoms with Gasteiger partial charge in [-0.15, -0.1) is 0 Å². The van der Waals surface area contributed by atoms with Crippen molar-refractivity contribution in [2.75, 3.05) is 7.11 Å². The highest BCUT2D eigenvalue weighted by molar-refractivity contribution is 6.35. The molecule has 1 aromatic heterocycles. The van der Waals surface area contributed by atoms with Gasteiger partial charge in [0.05, 0.1) is 23.2 Å². The fourth-order valence-corrected chi connectivity index (χ4v) is 2.78. The average molecular weight is 265 g/mol. The van der Waals surface area contributed by atoms with E-state index < -0.39 is 5.41 Å². The van der Waals surface area contributed by atoms with Gasteiger partial charge in [-0.3, -0.25) is 4.79 Å². The molecule has 2 aromatic rings. The molecule has 0 aliphatic heterocycles. The zero-order chi connectivity index (χ0) is 12.9. The van der Waals surface area contributed by atoms with E-state index in [0.717, 1.165) is 29.7 Å². The van der Waals surface area contributed by atoms with Gasteiger partial charge in [0.15, 0.2) is 0 Å². The van der Waals surface area contributed by atoms with Gasteiger partial charge in [0.25, 0.3) is 0 Å². The fourth-order valence-electron chi connectivity index (χ4n) is 2.49. The number of halogens is 1. The molecule has 0 radical (unpaired) electrons. The van der Waals surface area contributed by atoms with Crippen molar-refractivity contribution in [3.8, 4) is 0 Å². The number of fused-ring (bicyclic) bond motifs is 1. The number of benzene rings is 1. The molecule has 0 N–H and O–H groups in total. The number of imidazole rings is 1. The first-order valence-electron chi connectivity index (χ1n) is 5.80. The molecular formula is C13H13ClN2O2. The van der Waals surface area contributed by atoms with E-state index in [1.54, 1.807) is 0 Å². The molecule has 94 valence electrons. The third-order valence-corrected chi connectivity index (χ3v) is 3.90. The lowest BCUT2D eigenvalue weighted by Gasteiger charge is -2.12. The Morgan fingerprint density at radius 3 is 2.78 bits per heavy atom. The molecule has 4 nitrogen and oxygen atoms in total. The predicted molar refractivity (Wildman–Crippen MR) is 68.7 cm³/mol. The van der Waals surface area contributed by atoms with Crippen molar-refractivity contribution in [2.24, 2.45) is 7.05 Å². The minimum absolute atomic E-state index is 0.211. The summed E-state index contributed by atoms with van der Waals surface area (Å²) in [5.41, 5.74) is 1.12. The Labute approximate surface area is 110 Å². The summed E-state index contributed by atoms with van der Waals surface area (Å²) in [5, 5.41) is 0.648. The molecule has 1 aliphatic rings. The van der Waals surface area contributed by atoms with Crippen molar-refractivity contribution in [3.63, 3.8) is 0 Å². The number of hydrogen-bond acceptors (Lipinski definition) is 3. The maximum atomic E-state index is 11.9. The maximum Gasteiger partial charge on any atom is 0.319 e. The number of rotatable bonds is 2. The van der Waals surface area contributed by atoms with Crippen LogP contribution in [0, 0.1) is 0 Å². The maximum absolute atomic E-state index is 11.9. The second-order valence-electron chi connectivity index (χ2n) is 4.68. The number of carbonyl (C=O) groups is 1. The first-order valence-corrected chi connectivity index (χ1v) is 6.18. The van der Waals surface area contributed by atoms with E-state index >= 15 is 0 Å². The van der Waals surface area contributed by atoms with Gasteiger partial charge in [-0.25, -0.2) is 4.98 Å². The largest absolute Gasteiger partial charge is 0.468 e. The summed E-state index contributed by atoms with van der Waals surface area (Å²) in [5.74, 6) is 0.537. The van der Waals surface area contributed by atoms with E-state index in [-0.39, 0.29) is 5.97 Å². The summed E-state index contributed by atoms with van der Waals surface area (Å²) in [6, 6.07) is 5.59. The van der Waals surface area contributed by atoms with Gasteiger partial charge in [-0.1, -0.05) is 17.7 Å². The van der Waals surface area contributed by atoms with E-state index in [4.69, 9.17) is 16.3 Å². The molecular weight excluding hydrogens is 252 g/mol. The Hall–Kier alpha value is -1.55. The van der Waals surface area contributed by atoms with Crippen molar-refractivity contribution < 1.29 is 9.53 Å². The van der Waals surface area contributed by atoms with E-state index in [9.17, 15) is 4.79 Å². The predicted octanol–water partition coefficient (Wildman–Crippen LogP) is 2.43. The molecule has 1 aliphatic carbocycles. The minimum atomic E-state index is -0.564. The van der Waals surface area contributed by atoms with Crippen LogP contribution in [0.4, 0.5) is 0 Å². The van der Waals surface area contributed by atoms with E-state index in [1.807, 2.05) is 29.8 Å². The number of nitrogens with zero attached hydrogens (tertiary/aromatic N) is 2. The Morgan fingerprint density at radius 1 is 1.50 bits per heavy atom. The zero-order valence-corrected chi connectivity index (χ0v) is 11.0. The number of carbonyl (C=O) groups excluding carboxylic acids is 1. The summed E-state index contributed by atoms with van der Waals surface area (Å²) in [6.45, 7) is 0. The van der Waals surface area contributed by atoms with E-state index in [2.05, 4.69) is 4.98 Å². The normalized spacial score (nSPS) is 16.8. The lowest BCUT2D eigenvalue weighted by atomic mass is 10.1. The number of aryl methyl sites for hydroxylation is 1. The van der Waals surface area contributed by atoms with Crippen LogP contribution in [0.2, 0.25) is 5.02 Å². The Balaban J connectivity index is 2.23. The van der Waals surface area contributed by atoms with Gasteiger partial charge in [0, 0.05) is 7.05 Å². The van der Waals surface area contributed by atoms with Gasteiger partial charge in [0.1, 0.15) is 11.2 Å². The second kappa shape index (κ2) is 3.72. The molecule has 0 bridgehead atoms. The third kappa shape index (κ3) is 1.38. The summed E-state index contributed by atoms with van der Waals surface area (Å²) >= 11 is 6.18. The molecule has 1 heterocycles. The van der Waals surface area contributed by atoms with Gasteiger partial charge < -0.3 is 9.30 Å². The van der Waals surface area contributed by atoms with Crippen LogP contribution in [0.1, 0.15) is 18.7 Å². The van der Waals surface area contributed by atoms with Crippen LogP contribution in [0.25, 0.3) is 11.0 Å². The zero-order valence-electron chi connectivity index (χ0n) is 10.2. The fraction of sp³-hybridized carbons (Fsp3) is 0.385. The molecule has 0 spiro atoms. The van der Waals surface area contributed by atoms with E-state index in [1.165, 1.54) is 7.11 Å². The number of methoxy groups -OCH3 is 1. The van der Waals surface area contributed by atoms with E-state index in [0.29, 0.717) is 5.02 Å². The molecule has 18 heavy (non-hydrogen) atoms. The van der Waals surface area contributed by atoms with Crippen LogP contribution >= 0.6 is 11.6 Å². The first kappa shape index (κ1) is 11.5. The van der Waals surface area contributed by atoms with Crippen LogP contribution in [-0.4, -0.2) is 22.6 Å². The van der Waals surface area contributed by atoms with Gasteiger partial charge >= 0.3 is 5.97 Å².